The van der Waals surface area contributed by atoms with Gasteiger partial charge in [0.2, 0.25) is 5.91 Å². The fourth-order valence-corrected chi connectivity index (χ4v) is 2.92. The lowest BCUT2D eigenvalue weighted by Crippen LogP contribution is -2.52. The molecule has 6 heteroatoms. The fraction of sp³-hybridized carbons (Fsp3) is 0.526. The van der Waals surface area contributed by atoms with E-state index in [2.05, 4.69) is 10.6 Å². The van der Waals surface area contributed by atoms with Crippen LogP contribution in [0.1, 0.15) is 37.8 Å². The first kappa shape index (κ1) is 19.0. The normalized spacial score (nSPS) is 17.3. The average molecular weight is 345 g/mol. The van der Waals surface area contributed by atoms with E-state index in [1.807, 2.05) is 39.8 Å². The molecule has 1 aromatic rings. The van der Waals surface area contributed by atoms with Crippen molar-refractivity contribution in [3.8, 4) is 0 Å². The summed E-state index contributed by atoms with van der Waals surface area (Å²) in [4.78, 5) is 38.1. The van der Waals surface area contributed by atoms with Gasteiger partial charge in [-0.05, 0) is 38.3 Å². The second-order valence-electron chi connectivity index (χ2n) is 7.03. The number of benzene rings is 1. The zero-order valence-corrected chi connectivity index (χ0v) is 15.4. The molecular formula is C19H27N3O3. The first-order valence-electron chi connectivity index (χ1n) is 8.76. The fourth-order valence-electron chi connectivity index (χ4n) is 2.92. The summed E-state index contributed by atoms with van der Waals surface area (Å²) in [5.41, 5.74) is 2.66. The maximum atomic E-state index is 12.4. The summed E-state index contributed by atoms with van der Waals surface area (Å²) < 4.78 is 0. The third kappa shape index (κ3) is 5.05. The molecule has 1 saturated heterocycles. The van der Waals surface area contributed by atoms with Crippen molar-refractivity contribution in [1.82, 2.24) is 10.2 Å². The van der Waals surface area contributed by atoms with Gasteiger partial charge in [0.05, 0.1) is 0 Å². The summed E-state index contributed by atoms with van der Waals surface area (Å²) in [6.45, 7) is 8.44. The molecular weight excluding hydrogens is 318 g/mol. The Morgan fingerprint density at radius 1 is 1.20 bits per heavy atom. The van der Waals surface area contributed by atoms with Crippen molar-refractivity contribution in [3.63, 3.8) is 0 Å². The van der Waals surface area contributed by atoms with Gasteiger partial charge >= 0.3 is 11.8 Å². The molecule has 0 spiro atoms. The molecule has 136 valence electrons. The maximum absolute atomic E-state index is 12.4. The van der Waals surface area contributed by atoms with Gasteiger partial charge in [-0.3, -0.25) is 14.4 Å². The number of nitrogens with zero attached hydrogens (tertiary/aromatic N) is 1. The van der Waals surface area contributed by atoms with Crippen LogP contribution < -0.4 is 10.6 Å². The summed E-state index contributed by atoms with van der Waals surface area (Å²) >= 11 is 0. The molecule has 3 amide bonds. The standard InChI is InChI=1S/C19H27N3O3/c1-12(2)17(23)20-15-6-5-9-22(11-15)19(25)18(24)21-16-8-7-13(3)10-14(16)4/h7-8,10,12,15H,5-6,9,11H2,1-4H3,(H,20,23)(H,21,24). The minimum absolute atomic E-state index is 0.0287. The van der Waals surface area contributed by atoms with Crippen molar-refractivity contribution in [2.45, 2.75) is 46.6 Å². The number of hydrogen-bond acceptors (Lipinski definition) is 3. The summed E-state index contributed by atoms with van der Waals surface area (Å²) in [5, 5.41) is 5.63. The topological polar surface area (TPSA) is 78.5 Å². The number of hydrogen-bond donors (Lipinski definition) is 2. The van der Waals surface area contributed by atoms with Crippen molar-refractivity contribution in [3.05, 3.63) is 29.3 Å². The molecule has 1 aliphatic rings. The van der Waals surface area contributed by atoms with E-state index in [4.69, 9.17) is 0 Å². The quantitative estimate of drug-likeness (QED) is 0.823. The van der Waals surface area contributed by atoms with Crippen LogP contribution in [0.5, 0.6) is 0 Å². The van der Waals surface area contributed by atoms with Gasteiger partial charge in [0.15, 0.2) is 0 Å². The molecule has 0 radical (unpaired) electrons. The smallest absolute Gasteiger partial charge is 0.313 e. The molecule has 1 heterocycles. The van der Waals surface area contributed by atoms with Gasteiger partial charge in [-0.15, -0.1) is 0 Å². The van der Waals surface area contributed by atoms with Crippen LogP contribution in [0.3, 0.4) is 0 Å². The van der Waals surface area contributed by atoms with Crippen LogP contribution in [0.15, 0.2) is 18.2 Å². The van der Waals surface area contributed by atoms with E-state index >= 15 is 0 Å². The number of carbonyl (C=O) groups excluding carboxylic acids is 3. The highest BCUT2D eigenvalue weighted by Crippen LogP contribution is 2.17. The summed E-state index contributed by atoms with van der Waals surface area (Å²) in [6, 6.07) is 5.56. The number of piperidine rings is 1. The summed E-state index contributed by atoms with van der Waals surface area (Å²) in [6.07, 6.45) is 1.59. The molecule has 1 atom stereocenters. The first-order chi connectivity index (χ1) is 11.8. The zero-order valence-electron chi connectivity index (χ0n) is 15.4. The van der Waals surface area contributed by atoms with Crippen LogP contribution in [0.4, 0.5) is 5.69 Å². The molecule has 1 aromatic carbocycles. The van der Waals surface area contributed by atoms with Crippen molar-refractivity contribution in [2.24, 2.45) is 5.92 Å². The predicted molar refractivity (Wildman–Crippen MR) is 97.1 cm³/mol. The van der Waals surface area contributed by atoms with E-state index in [1.165, 1.54) is 4.90 Å². The molecule has 0 saturated carbocycles. The SMILES string of the molecule is Cc1ccc(NC(=O)C(=O)N2CCCC(NC(=O)C(C)C)C2)c(C)c1. The van der Waals surface area contributed by atoms with Gasteiger partial charge < -0.3 is 15.5 Å². The molecule has 1 aliphatic heterocycles. The van der Waals surface area contributed by atoms with Gasteiger partial charge in [0.25, 0.3) is 0 Å². The van der Waals surface area contributed by atoms with Crippen molar-refractivity contribution in [2.75, 3.05) is 18.4 Å². The average Bonchev–Trinajstić information content (AvgIpc) is 2.56. The highest BCUT2D eigenvalue weighted by atomic mass is 16.2. The molecule has 1 unspecified atom stereocenters. The number of likely N-dealkylation sites (tertiary alicyclic amines) is 1. The molecule has 1 fully saturated rings. The number of carbonyl (C=O) groups is 3. The van der Waals surface area contributed by atoms with Crippen LogP contribution >= 0.6 is 0 Å². The van der Waals surface area contributed by atoms with Crippen molar-refractivity contribution >= 4 is 23.4 Å². The summed E-state index contributed by atoms with van der Waals surface area (Å²) in [5.74, 6) is -1.32. The van der Waals surface area contributed by atoms with Gasteiger partial charge in [-0.1, -0.05) is 31.5 Å². The van der Waals surface area contributed by atoms with Gasteiger partial charge in [-0.2, -0.15) is 0 Å². The maximum Gasteiger partial charge on any atom is 0.313 e. The van der Waals surface area contributed by atoms with E-state index in [0.717, 1.165) is 24.0 Å². The Morgan fingerprint density at radius 2 is 1.92 bits per heavy atom. The van der Waals surface area contributed by atoms with E-state index in [0.29, 0.717) is 18.8 Å². The van der Waals surface area contributed by atoms with E-state index in [1.54, 1.807) is 6.07 Å². The second kappa shape index (κ2) is 8.14. The van der Waals surface area contributed by atoms with Crippen LogP contribution in [-0.2, 0) is 14.4 Å². The van der Waals surface area contributed by atoms with Crippen LogP contribution in [-0.4, -0.2) is 41.8 Å². The second-order valence-corrected chi connectivity index (χ2v) is 7.03. The molecule has 2 N–H and O–H groups in total. The van der Waals surface area contributed by atoms with Crippen molar-refractivity contribution in [1.29, 1.82) is 0 Å². The molecule has 0 bridgehead atoms. The number of amides is 3. The minimum atomic E-state index is -0.636. The Kier molecular flexibility index (Phi) is 6.17. The van der Waals surface area contributed by atoms with E-state index in [9.17, 15) is 14.4 Å². The Morgan fingerprint density at radius 3 is 2.56 bits per heavy atom. The van der Waals surface area contributed by atoms with Crippen molar-refractivity contribution < 1.29 is 14.4 Å². The molecule has 0 aliphatic carbocycles. The zero-order chi connectivity index (χ0) is 18.6. The Hall–Kier alpha value is -2.37. The van der Waals surface area contributed by atoms with Crippen LogP contribution in [0.25, 0.3) is 0 Å². The Bertz CT molecular complexity index is 670. The van der Waals surface area contributed by atoms with E-state index < -0.39 is 11.8 Å². The molecule has 6 nitrogen and oxygen atoms in total. The van der Waals surface area contributed by atoms with Gasteiger partial charge in [-0.25, -0.2) is 0 Å². The summed E-state index contributed by atoms with van der Waals surface area (Å²) in [7, 11) is 0. The lowest BCUT2D eigenvalue weighted by atomic mass is 10.0. The lowest BCUT2D eigenvalue weighted by Gasteiger charge is -2.33. The van der Waals surface area contributed by atoms with Gasteiger partial charge in [0.1, 0.15) is 0 Å². The molecule has 25 heavy (non-hydrogen) atoms. The third-order valence-corrected chi connectivity index (χ3v) is 4.40. The highest BCUT2D eigenvalue weighted by molar-refractivity contribution is 6.39. The van der Waals surface area contributed by atoms with Crippen LogP contribution in [0, 0.1) is 19.8 Å². The largest absolute Gasteiger partial charge is 0.351 e. The molecule has 2 rings (SSSR count). The third-order valence-electron chi connectivity index (χ3n) is 4.40. The number of nitrogens with one attached hydrogen (secondary N) is 2. The first-order valence-corrected chi connectivity index (χ1v) is 8.76. The Labute approximate surface area is 149 Å². The number of anilines is 1. The lowest BCUT2D eigenvalue weighted by molar-refractivity contribution is -0.144. The number of aryl methyl sites for hydroxylation is 2. The number of rotatable bonds is 3. The van der Waals surface area contributed by atoms with E-state index in [-0.39, 0.29) is 17.9 Å². The van der Waals surface area contributed by atoms with Crippen LogP contribution in [0.2, 0.25) is 0 Å². The predicted octanol–water partition coefficient (Wildman–Crippen LogP) is 2.01. The highest BCUT2D eigenvalue weighted by Gasteiger charge is 2.29. The monoisotopic (exact) mass is 345 g/mol. The Balaban J connectivity index is 1.96. The van der Waals surface area contributed by atoms with Gasteiger partial charge in [0, 0.05) is 30.7 Å². The minimum Gasteiger partial charge on any atom is -0.351 e. The molecule has 0 aromatic heterocycles.